The molecule has 0 radical (unpaired) electrons. The minimum absolute atomic E-state index is 0.217. The predicted octanol–water partition coefficient (Wildman–Crippen LogP) is 1.37. The average Bonchev–Trinajstić information content (AvgIpc) is 2.26. The van der Waals surface area contributed by atoms with Crippen LogP contribution < -0.4 is 5.43 Å². The zero-order valence-electron chi connectivity index (χ0n) is 9.69. The van der Waals surface area contributed by atoms with Crippen molar-refractivity contribution in [3.63, 3.8) is 0 Å². The molecule has 0 bridgehead atoms. The molecule has 0 aliphatic carbocycles. The molecule has 5 heteroatoms. The molecule has 0 aliphatic rings. The Bertz CT molecular complexity index is 478. The number of benzene rings is 1. The van der Waals surface area contributed by atoms with Gasteiger partial charge in [0.25, 0.3) is 5.91 Å². The number of nitrogens with one attached hydrogen (secondary N) is 1. The summed E-state index contributed by atoms with van der Waals surface area (Å²) in [5, 5.41) is 21.5. The van der Waals surface area contributed by atoms with E-state index in [1.54, 1.807) is 32.0 Å². The van der Waals surface area contributed by atoms with Crippen LogP contribution in [0.5, 0.6) is 5.75 Å². The number of aromatic hydroxyl groups is 1. The summed E-state index contributed by atoms with van der Waals surface area (Å²) < 4.78 is 0. The van der Waals surface area contributed by atoms with Crippen molar-refractivity contribution in [2.45, 2.75) is 20.3 Å². The van der Waals surface area contributed by atoms with Crippen molar-refractivity contribution in [3.8, 4) is 11.8 Å². The lowest BCUT2D eigenvalue weighted by atomic mass is 10.1. The molecule has 1 aromatic carbocycles. The topological polar surface area (TPSA) is 85.5 Å². The van der Waals surface area contributed by atoms with Gasteiger partial charge in [-0.25, -0.2) is 5.43 Å². The molecule has 17 heavy (non-hydrogen) atoms. The van der Waals surface area contributed by atoms with Crippen LogP contribution in [0.4, 0.5) is 0 Å². The second-order valence-electron chi connectivity index (χ2n) is 3.63. The largest absolute Gasteiger partial charge is 0.507 e. The van der Waals surface area contributed by atoms with Gasteiger partial charge in [0.05, 0.1) is 12.3 Å². The molecule has 0 aromatic heterocycles. The van der Waals surface area contributed by atoms with E-state index in [1.165, 1.54) is 6.21 Å². The van der Waals surface area contributed by atoms with Gasteiger partial charge in [-0.15, -0.1) is 0 Å². The Hall–Kier alpha value is -2.35. The highest BCUT2D eigenvalue weighted by atomic mass is 16.3. The zero-order valence-corrected chi connectivity index (χ0v) is 9.69. The fourth-order valence-electron chi connectivity index (χ4n) is 1.35. The summed E-state index contributed by atoms with van der Waals surface area (Å²) in [6.45, 7) is 3.57. The molecule has 2 N–H and O–H groups in total. The summed E-state index contributed by atoms with van der Waals surface area (Å²) in [6.07, 6.45) is 1.25. The Labute approximate surface area is 99.4 Å². The molecule has 1 amide bonds. The number of phenols is 1. The Morgan fingerprint density at radius 1 is 1.53 bits per heavy atom. The van der Waals surface area contributed by atoms with Crippen LogP contribution in [-0.2, 0) is 4.79 Å². The fourth-order valence-corrected chi connectivity index (χ4v) is 1.35. The van der Waals surface area contributed by atoms with E-state index in [4.69, 9.17) is 5.26 Å². The first-order chi connectivity index (χ1) is 8.04. The van der Waals surface area contributed by atoms with E-state index in [0.717, 1.165) is 16.7 Å². The van der Waals surface area contributed by atoms with E-state index < -0.39 is 5.91 Å². The average molecular weight is 231 g/mol. The molecule has 0 unspecified atom stereocenters. The summed E-state index contributed by atoms with van der Waals surface area (Å²) in [4.78, 5) is 10.9. The van der Waals surface area contributed by atoms with Gasteiger partial charge in [-0.2, -0.15) is 10.4 Å². The quantitative estimate of drug-likeness (QED) is 0.608. The first kappa shape index (κ1) is 12.7. The monoisotopic (exact) mass is 231 g/mol. The standard InChI is InChI=1S/C12H13N3O2/c1-8-5-10(6-9(2)12(8)17)7-14-15-11(16)3-4-13/h5-7,17H,3H2,1-2H3,(H,15,16)/b14-7-. The normalized spacial score (nSPS) is 10.2. The fraction of sp³-hybridized carbons (Fsp3) is 0.250. The molecular weight excluding hydrogens is 218 g/mol. The minimum atomic E-state index is -0.448. The smallest absolute Gasteiger partial charge is 0.254 e. The van der Waals surface area contributed by atoms with Crippen LogP contribution in [0.15, 0.2) is 17.2 Å². The SMILES string of the molecule is Cc1cc(/C=N\NC(=O)CC#N)cc(C)c1O. The predicted molar refractivity (Wildman–Crippen MR) is 63.5 cm³/mol. The Kier molecular flexibility index (Phi) is 4.23. The van der Waals surface area contributed by atoms with Crippen LogP contribution >= 0.6 is 0 Å². The third kappa shape index (κ3) is 3.61. The van der Waals surface area contributed by atoms with Crippen LogP contribution in [0.25, 0.3) is 0 Å². The van der Waals surface area contributed by atoms with E-state index >= 15 is 0 Å². The highest BCUT2D eigenvalue weighted by Crippen LogP contribution is 2.21. The van der Waals surface area contributed by atoms with Crippen LogP contribution in [0.1, 0.15) is 23.1 Å². The number of carbonyl (C=O) groups excluding carboxylic acids is 1. The van der Waals surface area contributed by atoms with E-state index in [9.17, 15) is 9.90 Å². The molecule has 0 saturated heterocycles. The Balaban J connectivity index is 2.73. The Morgan fingerprint density at radius 3 is 2.65 bits per heavy atom. The number of hydrazone groups is 1. The summed E-state index contributed by atoms with van der Waals surface area (Å²) in [6, 6.07) is 5.23. The molecule has 0 heterocycles. The molecule has 88 valence electrons. The lowest BCUT2D eigenvalue weighted by Gasteiger charge is -2.04. The first-order valence-corrected chi connectivity index (χ1v) is 5.03. The van der Waals surface area contributed by atoms with Gasteiger partial charge in [0.1, 0.15) is 12.2 Å². The van der Waals surface area contributed by atoms with Crippen LogP contribution in [0, 0.1) is 25.2 Å². The summed E-state index contributed by atoms with van der Waals surface area (Å²) in [5.41, 5.74) is 4.49. The minimum Gasteiger partial charge on any atom is -0.507 e. The third-order valence-corrected chi connectivity index (χ3v) is 2.16. The number of rotatable bonds is 3. The molecule has 0 aliphatic heterocycles. The van der Waals surface area contributed by atoms with Crippen molar-refractivity contribution in [1.29, 1.82) is 5.26 Å². The van der Waals surface area contributed by atoms with Crippen LogP contribution in [0.2, 0.25) is 0 Å². The molecule has 1 aromatic rings. The van der Waals surface area contributed by atoms with Gasteiger partial charge >= 0.3 is 0 Å². The number of nitrogens with zero attached hydrogens (tertiary/aromatic N) is 2. The van der Waals surface area contributed by atoms with Crippen molar-refractivity contribution in [3.05, 3.63) is 28.8 Å². The molecule has 1 rings (SSSR count). The van der Waals surface area contributed by atoms with Crippen molar-refractivity contribution in [1.82, 2.24) is 5.43 Å². The van der Waals surface area contributed by atoms with Gasteiger partial charge in [0, 0.05) is 0 Å². The molecule has 0 fully saturated rings. The lowest BCUT2D eigenvalue weighted by molar-refractivity contribution is -0.120. The number of nitriles is 1. The Morgan fingerprint density at radius 2 is 2.12 bits per heavy atom. The number of amides is 1. The van der Waals surface area contributed by atoms with E-state index in [0.29, 0.717) is 0 Å². The van der Waals surface area contributed by atoms with Gasteiger partial charge in [-0.1, -0.05) is 0 Å². The zero-order chi connectivity index (χ0) is 12.8. The van der Waals surface area contributed by atoms with E-state index in [2.05, 4.69) is 10.5 Å². The molecule has 0 spiro atoms. The van der Waals surface area contributed by atoms with Crippen molar-refractivity contribution < 1.29 is 9.90 Å². The second kappa shape index (κ2) is 5.66. The van der Waals surface area contributed by atoms with Gasteiger partial charge in [-0.3, -0.25) is 4.79 Å². The molecule has 0 atom stereocenters. The van der Waals surface area contributed by atoms with Gasteiger partial charge < -0.3 is 5.11 Å². The maximum absolute atomic E-state index is 10.9. The van der Waals surface area contributed by atoms with Crippen LogP contribution in [0.3, 0.4) is 0 Å². The van der Waals surface area contributed by atoms with Crippen molar-refractivity contribution >= 4 is 12.1 Å². The van der Waals surface area contributed by atoms with E-state index in [1.807, 2.05) is 0 Å². The second-order valence-corrected chi connectivity index (χ2v) is 3.63. The highest BCUT2D eigenvalue weighted by Gasteiger charge is 2.02. The number of carbonyl (C=O) groups is 1. The van der Waals surface area contributed by atoms with Crippen molar-refractivity contribution in [2.75, 3.05) is 0 Å². The third-order valence-electron chi connectivity index (χ3n) is 2.16. The van der Waals surface area contributed by atoms with Crippen LogP contribution in [-0.4, -0.2) is 17.2 Å². The van der Waals surface area contributed by atoms with Gasteiger partial charge in [-0.05, 0) is 42.7 Å². The highest BCUT2D eigenvalue weighted by molar-refractivity contribution is 5.83. The lowest BCUT2D eigenvalue weighted by Crippen LogP contribution is -2.16. The van der Waals surface area contributed by atoms with Gasteiger partial charge in [0.15, 0.2) is 0 Å². The van der Waals surface area contributed by atoms with Crippen molar-refractivity contribution in [2.24, 2.45) is 5.10 Å². The number of aryl methyl sites for hydroxylation is 2. The van der Waals surface area contributed by atoms with E-state index in [-0.39, 0.29) is 12.2 Å². The van der Waals surface area contributed by atoms with Gasteiger partial charge in [0.2, 0.25) is 0 Å². The number of phenolic OH excluding ortho intramolecular Hbond substituents is 1. The molecular formula is C12H13N3O2. The number of hydrogen-bond acceptors (Lipinski definition) is 4. The summed E-state index contributed by atoms with van der Waals surface area (Å²) >= 11 is 0. The molecule has 0 saturated carbocycles. The maximum Gasteiger partial charge on any atom is 0.254 e. The number of hydrogen-bond donors (Lipinski definition) is 2. The summed E-state index contributed by atoms with van der Waals surface area (Å²) in [5.74, 6) is -0.188. The molecule has 5 nitrogen and oxygen atoms in total. The summed E-state index contributed by atoms with van der Waals surface area (Å²) in [7, 11) is 0. The first-order valence-electron chi connectivity index (χ1n) is 5.03. The maximum atomic E-state index is 10.9.